The molecule has 2 aromatic heterocycles. The number of anilines is 1. The molecule has 1 aliphatic rings. The molecule has 0 spiro atoms. The Morgan fingerprint density at radius 3 is 2.34 bits per heavy atom. The lowest BCUT2D eigenvalue weighted by atomic mass is 9.87. The molecule has 12 N–H and O–H groups in total. The first-order valence-corrected chi connectivity index (χ1v) is 22.2. The Kier molecular flexibility index (Phi) is 17.9. The highest BCUT2D eigenvalue weighted by atomic mass is 32.2. The van der Waals surface area contributed by atoms with Crippen molar-refractivity contribution in [3.8, 4) is 0 Å². The summed E-state index contributed by atoms with van der Waals surface area (Å²) in [5.74, 6) is -3.49. The SMILES string of the molecule is CC(C)(COP(=O)(O)OP(=O)(O)OC[C@H]1O[C@@H](n2cnc3c(N)ncnc32)[C@H](O)[C@@H]1OP(=O)(O)O)C(O)C(=O)NCCC(=O)NCCSC(=O)C(CO)CCC(=O)O. The van der Waals surface area contributed by atoms with E-state index in [1.54, 1.807) is 0 Å². The predicted octanol–water partition coefficient (Wildman–Crippen LogP) is -1.86. The van der Waals surface area contributed by atoms with E-state index in [1.807, 2.05) is 0 Å². The molecule has 328 valence electrons. The number of amides is 2. The highest BCUT2D eigenvalue weighted by Crippen LogP contribution is 2.61. The summed E-state index contributed by atoms with van der Waals surface area (Å²) >= 11 is 0.802. The molecule has 27 nitrogen and oxygen atoms in total. The number of thioether (sulfide) groups is 1. The van der Waals surface area contributed by atoms with E-state index in [-0.39, 0.29) is 55.1 Å². The zero-order chi connectivity index (χ0) is 43.6. The molecular formula is C27H44N7O20P3S. The Morgan fingerprint density at radius 2 is 1.71 bits per heavy atom. The van der Waals surface area contributed by atoms with Gasteiger partial charge in [0.15, 0.2) is 22.8 Å². The molecule has 0 bridgehead atoms. The maximum Gasteiger partial charge on any atom is 0.481 e. The number of nitrogen functional groups attached to an aromatic ring is 1. The van der Waals surface area contributed by atoms with E-state index >= 15 is 0 Å². The second kappa shape index (κ2) is 21.0. The zero-order valence-electron chi connectivity index (χ0n) is 30.6. The van der Waals surface area contributed by atoms with Crippen molar-refractivity contribution in [2.24, 2.45) is 11.3 Å². The molecule has 4 unspecified atom stereocenters. The normalized spacial score (nSPS) is 21.8. The first-order chi connectivity index (χ1) is 26.9. The van der Waals surface area contributed by atoms with Crippen molar-refractivity contribution in [3.63, 3.8) is 0 Å². The van der Waals surface area contributed by atoms with Gasteiger partial charge in [0.2, 0.25) is 11.8 Å². The monoisotopic (exact) mass is 911 g/mol. The number of nitrogens with one attached hydrogen (secondary N) is 2. The van der Waals surface area contributed by atoms with Gasteiger partial charge in [-0.25, -0.2) is 28.6 Å². The molecule has 3 rings (SSSR count). The lowest BCUT2D eigenvalue weighted by Gasteiger charge is -2.30. The van der Waals surface area contributed by atoms with E-state index in [4.69, 9.17) is 24.6 Å². The zero-order valence-corrected chi connectivity index (χ0v) is 34.1. The quantitative estimate of drug-likeness (QED) is 0.0406. The average Bonchev–Trinajstić information content (AvgIpc) is 3.68. The largest absolute Gasteiger partial charge is 0.481 e. The molecule has 2 aromatic rings. The maximum absolute atomic E-state index is 12.7. The number of aliphatic hydroxyl groups is 3. The number of hydrogen-bond donors (Lipinski definition) is 11. The number of rotatable bonds is 24. The summed E-state index contributed by atoms with van der Waals surface area (Å²) in [6.07, 6.45) is -7.50. The minimum atomic E-state index is -5.60. The summed E-state index contributed by atoms with van der Waals surface area (Å²) in [6, 6.07) is 0. The topological polar surface area (TPSA) is 421 Å². The summed E-state index contributed by atoms with van der Waals surface area (Å²) in [7, 11) is -16.5. The Balaban J connectivity index is 1.47. The predicted molar refractivity (Wildman–Crippen MR) is 195 cm³/mol. The number of hydrogen-bond acceptors (Lipinski definition) is 20. The van der Waals surface area contributed by atoms with Crippen LogP contribution in [0.1, 0.15) is 39.3 Å². The summed E-state index contributed by atoms with van der Waals surface area (Å²) in [5.41, 5.74) is 4.18. The standard InChI is InChI=1S/C27H44N7O20P3S/c1-27(2,21(40)24(41)30-6-5-16(36)29-7-8-58-26(42)14(9-35)3-4-17(37)38)11-51-57(48,49)54-56(46,47)50-10-15-20(53-55(43,44)45)19(39)25(52-15)34-13-33-18-22(28)31-12-32-23(18)34/h12-15,19-21,25,35,39-40H,3-11H2,1-2H3,(H,29,36)(H,30,41)(H,37,38)(H,46,47)(H,48,49)(H2,28,31,32)(H2,43,44,45)/t14?,15-,19-,20-,21?,25-/m1/s1. The van der Waals surface area contributed by atoms with Gasteiger partial charge in [-0.1, -0.05) is 25.6 Å². The third-order valence-electron chi connectivity index (χ3n) is 8.01. The van der Waals surface area contributed by atoms with E-state index in [0.29, 0.717) is 0 Å². The third-order valence-corrected chi connectivity index (χ3v) is 12.1. The fraction of sp³-hybridized carbons (Fsp3) is 0.667. The molecule has 31 heteroatoms. The summed E-state index contributed by atoms with van der Waals surface area (Å²) in [4.78, 5) is 98.3. The van der Waals surface area contributed by atoms with Crippen LogP contribution in [0.5, 0.6) is 0 Å². The second-order valence-corrected chi connectivity index (χ2v) is 18.4. The van der Waals surface area contributed by atoms with E-state index < -0.39 is 108 Å². The molecule has 8 atom stereocenters. The number of fused-ring (bicyclic) bond motifs is 1. The van der Waals surface area contributed by atoms with Gasteiger partial charge in [0.05, 0.1) is 32.1 Å². The molecule has 0 aromatic carbocycles. The van der Waals surface area contributed by atoms with Gasteiger partial charge in [-0.05, 0) is 6.42 Å². The van der Waals surface area contributed by atoms with Gasteiger partial charge in [0, 0.05) is 37.1 Å². The minimum absolute atomic E-state index is 0.0153. The van der Waals surface area contributed by atoms with Crippen LogP contribution in [0.3, 0.4) is 0 Å². The summed E-state index contributed by atoms with van der Waals surface area (Å²) in [6.45, 7) is -0.423. The van der Waals surface area contributed by atoms with Gasteiger partial charge in [-0.2, -0.15) is 4.31 Å². The molecular weight excluding hydrogens is 867 g/mol. The average molecular weight is 912 g/mol. The lowest BCUT2D eigenvalue weighted by Crippen LogP contribution is -2.46. The number of ether oxygens (including phenoxy) is 1. The van der Waals surface area contributed by atoms with Crippen LogP contribution < -0.4 is 16.4 Å². The molecule has 0 radical (unpaired) electrons. The number of imidazole rings is 1. The van der Waals surface area contributed by atoms with Crippen molar-refractivity contribution in [1.82, 2.24) is 30.2 Å². The molecule has 0 aliphatic carbocycles. The van der Waals surface area contributed by atoms with Gasteiger partial charge in [0.1, 0.15) is 36.3 Å². The van der Waals surface area contributed by atoms with Gasteiger partial charge in [-0.15, -0.1) is 0 Å². The maximum atomic E-state index is 12.7. The van der Waals surface area contributed by atoms with Crippen LogP contribution in [0.2, 0.25) is 0 Å². The van der Waals surface area contributed by atoms with Gasteiger partial charge in [0.25, 0.3) is 0 Å². The first-order valence-electron chi connectivity index (χ1n) is 16.7. The van der Waals surface area contributed by atoms with Crippen LogP contribution in [0.25, 0.3) is 11.2 Å². The first kappa shape index (κ1) is 49.4. The number of aliphatic hydroxyl groups excluding tert-OH is 3. The fourth-order valence-electron chi connectivity index (χ4n) is 4.98. The Labute approximate surface area is 332 Å². The van der Waals surface area contributed by atoms with Crippen molar-refractivity contribution < 1.29 is 95.5 Å². The Bertz CT molecular complexity index is 1920. The van der Waals surface area contributed by atoms with Gasteiger partial charge in [-0.3, -0.25) is 37.3 Å². The Hall–Kier alpha value is -3.01. The minimum Gasteiger partial charge on any atom is -0.481 e. The molecule has 1 aliphatic heterocycles. The fourth-order valence-corrected chi connectivity index (χ4v) is 8.64. The number of nitrogens with zero attached hydrogens (tertiary/aromatic N) is 4. The molecule has 1 saturated heterocycles. The number of aliphatic carboxylic acids is 1. The molecule has 58 heavy (non-hydrogen) atoms. The smallest absolute Gasteiger partial charge is 0.481 e. The van der Waals surface area contributed by atoms with E-state index in [2.05, 4.69) is 34.4 Å². The number of phosphoric acid groups is 3. The van der Waals surface area contributed by atoms with Crippen LogP contribution >= 0.6 is 35.2 Å². The molecule has 3 heterocycles. The van der Waals surface area contributed by atoms with Crippen molar-refractivity contribution in [3.05, 3.63) is 12.7 Å². The molecule has 0 saturated carbocycles. The van der Waals surface area contributed by atoms with Crippen molar-refractivity contribution in [2.45, 2.75) is 63.8 Å². The van der Waals surface area contributed by atoms with Gasteiger partial charge < -0.3 is 61.1 Å². The molecule has 1 fully saturated rings. The van der Waals surface area contributed by atoms with Crippen LogP contribution in [0.4, 0.5) is 5.82 Å². The van der Waals surface area contributed by atoms with E-state index in [0.717, 1.165) is 29.0 Å². The Morgan fingerprint density at radius 1 is 1.03 bits per heavy atom. The summed E-state index contributed by atoms with van der Waals surface area (Å²) < 4.78 is 62.0. The number of carbonyl (C=O) groups is 4. The van der Waals surface area contributed by atoms with Crippen LogP contribution in [0, 0.1) is 11.3 Å². The third kappa shape index (κ3) is 14.9. The number of aromatic nitrogens is 4. The summed E-state index contributed by atoms with van der Waals surface area (Å²) in [5, 5.41) is 43.8. The number of carboxylic acids is 1. The van der Waals surface area contributed by atoms with E-state index in [9.17, 15) is 67.8 Å². The highest BCUT2D eigenvalue weighted by molar-refractivity contribution is 8.13. The van der Waals surface area contributed by atoms with Crippen LogP contribution in [0.15, 0.2) is 12.7 Å². The van der Waals surface area contributed by atoms with E-state index in [1.165, 1.54) is 13.8 Å². The number of carbonyl (C=O) groups excluding carboxylic acids is 3. The van der Waals surface area contributed by atoms with Crippen molar-refractivity contribution >= 4 is 75.1 Å². The number of nitrogens with two attached hydrogens (primary N) is 1. The number of carboxylic acid groups (broad SMARTS) is 1. The van der Waals surface area contributed by atoms with Crippen LogP contribution in [-0.4, -0.2) is 145 Å². The number of phosphoric ester groups is 3. The van der Waals surface area contributed by atoms with Crippen LogP contribution in [-0.2, 0) is 55.5 Å². The van der Waals surface area contributed by atoms with Gasteiger partial charge >= 0.3 is 29.4 Å². The van der Waals surface area contributed by atoms with Crippen molar-refractivity contribution in [2.75, 3.05) is 44.4 Å². The van der Waals surface area contributed by atoms with Crippen molar-refractivity contribution in [1.29, 1.82) is 0 Å². The highest BCUT2D eigenvalue weighted by Gasteiger charge is 2.50. The molecule has 2 amide bonds. The lowest BCUT2D eigenvalue weighted by molar-refractivity contribution is -0.138. The second-order valence-electron chi connectivity index (χ2n) is 13.0.